The molecule has 7 heteroatoms. The minimum atomic E-state index is -0.396. The van der Waals surface area contributed by atoms with Crippen LogP contribution in [0.2, 0.25) is 0 Å². The number of aromatic nitrogens is 2. The summed E-state index contributed by atoms with van der Waals surface area (Å²) < 4.78 is 7.40. The maximum Gasteiger partial charge on any atom is 0.290 e. The average molecular weight is 390 g/mol. The summed E-state index contributed by atoms with van der Waals surface area (Å²) in [6.45, 7) is 4.44. The van der Waals surface area contributed by atoms with E-state index in [1.165, 1.54) is 0 Å². The van der Waals surface area contributed by atoms with Crippen molar-refractivity contribution in [3.63, 3.8) is 0 Å². The number of fused-ring (bicyclic) bond motifs is 2. The monoisotopic (exact) mass is 390 g/mol. The first-order chi connectivity index (χ1) is 13.9. The zero-order valence-corrected chi connectivity index (χ0v) is 16.7. The van der Waals surface area contributed by atoms with Crippen molar-refractivity contribution in [3.05, 3.63) is 52.5 Å². The lowest BCUT2D eigenvalue weighted by Gasteiger charge is -2.26. The van der Waals surface area contributed by atoms with Crippen LogP contribution in [-0.4, -0.2) is 39.1 Å². The Bertz CT molecular complexity index is 1160. The number of carbonyl (C=O) groups is 2. The summed E-state index contributed by atoms with van der Waals surface area (Å²) in [7, 11) is 1.73. The standard InChI is InChI=1S/C22H22N4O3/c1-5-13(2)23-21(27)19-16-12-26(11-10-17(16)24-25(19)4)22(28)20-14(3)15-8-6-7-9-18(15)29-20/h1,6-9,13H,10-12H2,2-4H3,(H,23,27). The molecule has 4 rings (SSSR count). The van der Waals surface area contributed by atoms with Crippen LogP contribution in [0.1, 0.15) is 44.8 Å². The first-order valence-electron chi connectivity index (χ1n) is 9.49. The minimum Gasteiger partial charge on any atom is -0.451 e. The van der Waals surface area contributed by atoms with Crippen LogP contribution in [-0.2, 0) is 20.0 Å². The summed E-state index contributed by atoms with van der Waals surface area (Å²) in [6, 6.07) is 7.20. The van der Waals surface area contributed by atoms with Gasteiger partial charge in [0.1, 0.15) is 11.3 Å². The molecule has 2 amide bonds. The van der Waals surface area contributed by atoms with Crippen molar-refractivity contribution in [1.29, 1.82) is 0 Å². The number of terminal acetylenes is 1. The maximum absolute atomic E-state index is 13.2. The van der Waals surface area contributed by atoms with Crippen molar-refractivity contribution in [2.24, 2.45) is 7.05 Å². The fraction of sp³-hybridized carbons (Fsp3) is 0.318. The van der Waals surface area contributed by atoms with Crippen LogP contribution >= 0.6 is 0 Å². The summed E-state index contributed by atoms with van der Waals surface area (Å²) in [4.78, 5) is 27.6. The number of benzene rings is 1. The van der Waals surface area contributed by atoms with Gasteiger partial charge in [0.2, 0.25) is 0 Å². The summed E-state index contributed by atoms with van der Waals surface area (Å²) in [5.41, 5.74) is 3.53. The van der Waals surface area contributed by atoms with E-state index in [-0.39, 0.29) is 11.8 Å². The van der Waals surface area contributed by atoms with Crippen molar-refractivity contribution < 1.29 is 14.0 Å². The number of nitrogens with zero attached hydrogens (tertiary/aromatic N) is 3. The highest BCUT2D eigenvalue weighted by Crippen LogP contribution is 2.28. The van der Waals surface area contributed by atoms with Crippen LogP contribution in [0.4, 0.5) is 0 Å². The van der Waals surface area contributed by atoms with Crippen LogP contribution in [0.5, 0.6) is 0 Å². The molecular formula is C22H22N4O3. The predicted octanol–water partition coefficient (Wildman–Crippen LogP) is 2.42. The van der Waals surface area contributed by atoms with E-state index in [4.69, 9.17) is 10.8 Å². The molecule has 3 aromatic rings. The molecule has 7 nitrogen and oxygen atoms in total. The molecule has 1 aliphatic heterocycles. The van der Waals surface area contributed by atoms with E-state index in [1.54, 1.807) is 23.6 Å². The summed E-state index contributed by atoms with van der Waals surface area (Å²) >= 11 is 0. The SMILES string of the molecule is C#CC(C)NC(=O)c1c2c(nn1C)CCN(C(=O)c1oc3ccccc3c1C)C2. The molecule has 2 aromatic heterocycles. The second-order valence-corrected chi connectivity index (χ2v) is 7.29. The molecule has 0 aliphatic carbocycles. The topological polar surface area (TPSA) is 80.4 Å². The molecule has 1 atom stereocenters. The van der Waals surface area contributed by atoms with Crippen molar-refractivity contribution in [3.8, 4) is 12.3 Å². The van der Waals surface area contributed by atoms with Gasteiger partial charge < -0.3 is 14.6 Å². The smallest absolute Gasteiger partial charge is 0.290 e. The van der Waals surface area contributed by atoms with E-state index < -0.39 is 6.04 Å². The van der Waals surface area contributed by atoms with Crippen molar-refractivity contribution in [1.82, 2.24) is 20.0 Å². The molecule has 0 fully saturated rings. The number of furan rings is 1. The molecule has 1 aliphatic rings. The minimum absolute atomic E-state index is 0.184. The number of para-hydroxylation sites is 1. The van der Waals surface area contributed by atoms with Gasteiger partial charge in [-0.15, -0.1) is 6.42 Å². The van der Waals surface area contributed by atoms with E-state index in [1.807, 2.05) is 31.2 Å². The predicted molar refractivity (Wildman–Crippen MR) is 108 cm³/mol. The molecule has 1 aromatic carbocycles. The van der Waals surface area contributed by atoms with E-state index in [9.17, 15) is 9.59 Å². The number of hydrogen-bond donors (Lipinski definition) is 1. The number of carbonyl (C=O) groups excluding carboxylic acids is 2. The van der Waals surface area contributed by atoms with Crippen molar-refractivity contribution >= 4 is 22.8 Å². The Labute approximate surface area is 168 Å². The highest BCUT2D eigenvalue weighted by Gasteiger charge is 2.32. The van der Waals surface area contributed by atoms with Gasteiger partial charge in [-0.2, -0.15) is 5.10 Å². The molecule has 0 bridgehead atoms. The summed E-state index contributed by atoms with van der Waals surface area (Å²) in [6.07, 6.45) is 5.95. The van der Waals surface area contributed by atoms with E-state index >= 15 is 0 Å². The van der Waals surface area contributed by atoms with Crippen molar-refractivity contribution in [2.45, 2.75) is 32.9 Å². The molecule has 1 unspecified atom stereocenters. The number of aryl methyl sites for hydroxylation is 2. The van der Waals surface area contributed by atoms with Crippen LogP contribution in [0.25, 0.3) is 11.0 Å². The first-order valence-corrected chi connectivity index (χ1v) is 9.49. The van der Waals surface area contributed by atoms with E-state index in [2.05, 4.69) is 16.3 Å². The van der Waals surface area contributed by atoms with Crippen LogP contribution in [0.3, 0.4) is 0 Å². The van der Waals surface area contributed by atoms with Gasteiger partial charge >= 0.3 is 0 Å². The normalized spacial score (nSPS) is 14.3. The Morgan fingerprint density at radius 2 is 2.10 bits per heavy atom. The summed E-state index contributed by atoms with van der Waals surface area (Å²) in [5.74, 6) is 2.35. The zero-order valence-electron chi connectivity index (χ0n) is 16.7. The van der Waals surface area contributed by atoms with Gasteiger partial charge in [-0.25, -0.2) is 0 Å². The molecule has 0 radical (unpaired) electrons. The molecule has 0 saturated carbocycles. The van der Waals surface area contributed by atoms with Gasteiger partial charge in [-0.3, -0.25) is 14.3 Å². The third-order valence-corrected chi connectivity index (χ3v) is 5.33. The molecule has 0 spiro atoms. The fourth-order valence-electron chi connectivity index (χ4n) is 3.79. The average Bonchev–Trinajstić information content (AvgIpc) is 3.23. The largest absolute Gasteiger partial charge is 0.451 e. The van der Waals surface area contributed by atoms with E-state index in [0.29, 0.717) is 36.5 Å². The summed E-state index contributed by atoms with van der Waals surface area (Å²) in [5, 5.41) is 8.16. The molecule has 3 heterocycles. The second kappa shape index (κ2) is 7.13. The second-order valence-electron chi connectivity index (χ2n) is 7.29. The fourth-order valence-corrected chi connectivity index (χ4v) is 3.79. The Kier molecular flexibility index (Phi) is 4.63. The van der Waals surface area contributed by atoms with Gasteiger partial charge in [0.25, 0.3) is 11.8 Å². The van der Waals surface area contributed by atoms with Crippen LogP contribution in [0, 0.1) is 19.3 Å². The lowest BCUT2D eigenvalue weighted by atomic mass is 10.0. The van der Waals surface area contributed by atoms with Gasteiger partial charge in [0.15, 0.2) is 5.76 Å². The third kappa shape index (κ3) is 3.17. The number of hydrogen-bond acceptors (Lipinski definition) is 4. The first kappa shape index (κ1) is 18.8. The van der Waals surface area contributed by atoms with E-state index in [0.717, 1.165) is 22.2 Å². The zero-order chi connectivity index (χ0) is 20.7. The maximum atomic E-state index is 13.2. The highest BCUT2D eigenvalue weighted by molar-refractivity contribution is 5.99. The highest BCUT2D eigenvalue weighted by atomic mass is 16.3. The van der Waals surface area contributed by atoms with Crippen molar-refractivity contribution in [2.75, 3.05) is 6.54 Å². The lowest BCUT2D eigenvalue weighted by molar-refractivity contribution is 0.0700. The van der Waals surface area contributed by atoms with Crippen LogP contribution < -0.4 is 5.32 Å². The molecule has 148 valence electrons. The molecular weight excluding hydrogens is 368 g/mol. The quantitative estimate of drug-likeness (QED) is 0.697. The Balaban J connectivity index is 1.64. The van der Waals surface area contributed by atoms with Gasteiger partial charge in [-0.05, 0) is 19.9 Å². The Hall–Kier alpha value is -3.53. The van der Waals surface area contributed by atoms with Gasteiger partial charge in [0.05, 0.1) is 18.3 Å². The molecule has 0 saturated heterocycles. The van der Waals surface area contributed by atoms with Crippen LogP contribution in [0.15, 0.2) is 28.7 Å². The Morgan fingerprint density at radius 1 is 1.34 bits per heavy atom. The number of amides is 2. The van der Waals surface area contributed by atoms with Gasteiger partial charge in [-0.1, -0.05) is 24.1 Å². The number of nitrogens with one attached hydrogen (secondary N) is 1. The molecule has 29 heavy (non-hydrogen) atoms. The number of rotatable bonds is 3. The lowest BCUT2D eigenvalue weighted by Crippen LogP contribution is -2.38. The molecule has 1 N–H and O–H groups in total. The third-order valence-electron chi connectivity index (χ3n) is 5.33. The van der Waals surface area contributed by atoms with Gasteiger partial charge in [0, 0.05) is 36.5 Å². The Morgan fingerprint density at radius 3 is 2.83 bits per heavy atom.